The standard InChI is InChI=1S/C14H12FNO3S/c1-7-3-4-9(10(15)5-7)13(17)16-11-6-8(2)12(20-11)14(18)19/h3-6H,1-2H3,(H,16,17)(H,18,19). The monoisotopic (exact) mass is 293 g/mol. The molecule has 0 saturated heterocycles. The number of aryl methyl sites for hydroxylation is 2. The third kappa shape index (κ3) is 2.85. The molecule has 104 valence electrons. The maximum Gasteiger partial charge on any atom is 0.346 e. The van der Waals surface area contributed by atoms with E-state index in [0.717, 1.165) is 16.9 Å². The summed E-state index contributed by atoms with van der Waals surface area (Å²) in [6.07, 6.45) is 0. The van der Waals surface area contributed by atoms with Crippen molar-refractivity contribution in [3.05, 3.63) is 51.7 Å². The lowest BCUT2D eigenvalue weighted by atomic mass is 10.1. The van der Waals surface area contributed by atoms with Crippen LogP contribution in [0.5, 0.6) is 0 Å². The van der Waals surface area contributed by atoms with Crippen molar-refractivity contribution < 1.29 is 19.1 Å². The molecular formula is C14H12FNO3S. The van der Waals surface area contributed by atoms with E-state index in [-0.39, 0.29) is 10.4 Å². The van der Waals surface area contributed by atoms with Gasteiger partial charge in [-0.15, -0.1) is 11.3 Å². The van der Waals surface area contributed by atoms with Gasteiger partial charge in [0.2, 0.25) is 0 Å². The van der Waals surface area contributed by atoms with Crippen LogP contribution in [0.1, 0.15) is 31.2 Å². The number of carbonyl (C=O) groups is 2. The molecule has 0 atom stereocenters. The molecule has 1 aromatic carbocycles. The third-order valence-corrected chi connectivity index (χ3v) is 3.86. The fourth-order valence-electron chi connectivity index (χ4n) is 1.74. The van der Waals surface area contributed by atoms with E-state index in [1.54, 1.807) is 26.0 Å². The lowest BCUT2D eigenvalue weighted by Gasteiger charge is -2.04. The van der Waals surface area contributed by atoms with Gasteiger partial charge in [-0.2, -0.15) is 0 Å². The number of thiophene rings is 1. The molecule has 0 saturated carbocycles. The van der Waals surface area contributed by atoms with Crippen LogP contribution in [0.3, 0.4) is 0 Å². The summed E-state index contributed by atoms with van der Waals surface area (Å²) in [5.41, 5.74) is 1.21. The zero-order valence-electron chi connectivity index (χ0n) is 10.9. The largest absolute Gasteiger partial charge is 0.477 e. The zero-order valence-corrected chi connectivity index (χ0v) is 11.7. The molecule has 0 aliphatic carbocycles. The summed E-state index contributed by atoms with van der Waals surface area (Å²) in [6.45, 7) is 3.37. The van der Waals surface area contributed by atoms with E-state index in [0.29, 0.717) is 10.6 Å². The molecule has 1 heterocycles. The maximum absolute atomic E-state index is 13.7. The number of rotatable bonds is 3. The van der Waals surface area contributed by atoms with Crippen LogP contribution in [0.4, 0.5) is 9.39 Å². The van der Waals surface area contributed by atoms with Gasteiger partial charge in [-0.3, -0.25) is 4.79 Å². The van der Waals surface area contributed by atoms with Gasteiger partial charge in [-0.25, -0.2) is 9.18 Å². The van der Waals surface area contributed by atoms with Crippen molar-refractivity contribution in [2.24, 2.45) is 0 Å². The van der Waals surface area contributed by atoms with Crippen LogP contribution < -0.4 is 5.32 Å². The molecule has 0 spiro atoms. The van der Waals surface area contributed by atoms with E-state index in [1.165, 1.54) is 12.1 Å². The average Bonchev–Trinajstić information content (AvgIpc) is 2.70. The SMILES string of the molecule is Cc1ccc(C(=O)Nc2cc(C)c(C(=O)O)s2)c(F)c1. The van der Waals surface area contributed by atoms with Gasteiger partial charge >= 0.3 is 5.97 Å². The molecular weight excluding hydrogens is 281 g/mol. The van der Waals surface area contributed by atoms with Gasteiger partial charge in [0.1, 0.15) is 10.7 Å². The Bertz CT molecular complexity index is 694. The van der Waals surface area contributed by atoms with Crippen molar-refractivity contribution >= 4 is 28.2 Å². The molecule has 0 fully saturated rings. The predicted octanol–water partition coefficient (Wildman–Crippen LogP) is 3.45. The summed E-state index contributed by atoms with van der Waals surface area (Å²) in [7, 11) is 0. The first-order valence-electron chi connectivity index (χ1n) is 5.79. The number of aromatic carboxylic acids is 1. The number of amides is 1. The van der Waals surface area contributed by atoms with Crippen molar-refractivity contribution in [2.45, 2.75) is 13.8 Å². The van der Waals surface area contributed by atoms with Gasteiger partial charge in [0, 0.05) is 0 Å². The number of benzene rings is 1. The van der Waals surface area contributed by atoms with Crippen LogP contribution in [-0.4, -0.2) is 17.0 Å². The topological polar surface area (TPSA) is 66.4 Å². The van der Waals surface area contributed by atoms with E-state index >= 15 is 0 Å². The van der Waals surface area contributed by atoms with Crippen LogP contribution >= 0.6 is 11.3 Å². The van der Waals surface area contributed by atoms with Gasteiger partial charge in [-0.1, -0.05) is 6.07 Å². The predicted molar refractivity (Wildman–Crippen MR) is 75.1 cm³/mol. The Morgan fingerprint density at radius 2 is 1.95 bits per heavy atom. The lowest BCUT2D eigenvalue weighted by Crippen LogP contribution is -2.12. The number of carbonyl (C=O) groups excluding carboxylic acids is 1. The van der Waals surface area contributed by atoms with Gasteiger partial charge in [0.25, 0.3) is 5.91 Å². The van der Waals surface area contributed by atoms with Gasteiger partial charge in [-0.05, 0) is 43.2 Å². The molecule has 20 heavy (non-hydrogen) atoms. The second kappa shape index (κ2) is 5.42. The van der Waals surface area contributed by atoms with Crippen molar-refractivity contribution in [2.75, 3.05) is 5.32 Å². The highest BCUT2D eigenvalue weighted by atomic mass is 32.1. The highest BCUT2D eigenvalue weighted by Gasteiger charge is 2.16. The minimum absolute atomic E-state index is 0.0708. The first kappa shape index (κ1) is 14.2. The molecule has 0 radical (unpaired) electrons. The highest BCUT2D eigenvalue weighted by molar-refractivity contribution is 7.18. The Morgan fingerprint density at radius 1 is 1.25 bits per heavy atom. The van der Waals surface area contributed by atoms with Crippen LogP contribution in [0, 0.1) is 19.7 Å². The van der Waals surface area contributed by atoms with Gasteiger partial charge in [0.15, 0.2) is 0 Å². The number of hydrogen-bond acceptors (Lipinski definition) is 3. The third-order valence-electron chi connectivity index (χ3n) is 2.72. The first-order valence-corrected chi connectivity index (χ1v) is 6.61. The summed E-state index contributed by atoms with van der Waals surface area (Å²) in [4.78, 5) is 23.0. The molecule has 1 amide bonds. The molecule has 2 aromatic rings. The van der Waals surface area contributed by atoms with Crippen LogP contribution in [0.2, 0.25) is 0 Å². The summed E-state index contributed by atoms with van der Waals surface area (Å²) in [5, 5.41) is 11.8. The fraction of sp³-hybridized carbons (Fsp3) is 0.143. The van der Waals surface area contributed by atoms with Crippen molar-refractivity contribution in [1.29, 1.82) is 0 Å². The van der Waals surface area contributed by atoms with E-state index in [1.807, 2.05) is 0 Å². The summed E-state index contributed by atoms with van der Waals surface area (Å²) in [5.74, 6) is -2.25. The molecule has 0 bridgehead atoms. The summed E-state index contributed by atoms with van der Waals surface area (Å²) < 4.78 is 13.7. The molecule has 0 unspecified atom stereocenters. The molecule has 1 aromatic heterocycles. The number of carboxylic acid groups (broad SMARTS) is 1. The fourth-order valence-corrected chi connectivity index (χ4v) is 2.65. The molecule has 0 aliphatic heterocycles. The van der Waals surface area contributed by atoms with E-state index in [4.69, 9.17) is 5.11 Å². The normalized spacial score (nSPS) is 10.3. The van der Waals surface area contributed by atoms with Crippen molar-refractivity contribution in [1.82, 2.24) is 0 Å². The Balaban J connectivity index is 2.23. The summed E-state index contributed by atoms with van der Waals surface area (Å²) >= 11 is 0.946. The molecule has 6 heteroatoms. The van der Waals surface area contributed by atoms with Crippen LogP contribution in [0.15, 0.2) is 24.3 Å². The minimum Gasteiger partial charge on any atom is -0.477 e. The highest BCUT2D eigenvalue weighted by Crippen LogP contribution is 2.27. The molecule has 2 rings (SSSR count). The number of halogens is 1. The second-order valence-corrected chi connectivity index (χ2v) is 5.42. The smallest absolute Gasteiger partial charge is 0.346 e. The Labute approximate surface area is 118 Å². The summed E-state index contributed by atoms with van der Waals surface area (Å²) in [6, 6.07) is 5.87. The Hall–Kier alpha value is -2.21. The average molecular weight is 293 g/mol. The van der Waals surface area contributed by atoms with Gasteiger partial charge < -0.3 is 10.4 Å². The number of nitrogens with one attached hydrogen (secondary N) is 1. The van der Waals surface area contributed by atoms with Crippen LogP contribution in [-0.2, 0) is 0 Å². The van der Waals surface area contributed by atoms with E-state index in [9.17, 15) is 14.0 Å². The number of carboxylic acids is 1. The molecule has 0 aliphatic rings. The van der Waals surface area contributed by atoms with E-state index < -0.39 is 17.7 Å². The first-order chi connectivity index (χ1) is 9.38. The number of hydrogen-bond donors (Lipinski definition) is 2. The Kier molecular flexibility index (Phi) is 3.85. The number of anilines is 1. The zero-order chi connectivity index (χ0) is 14.9. The quantitative estimate of drug-likeness (QED) is 0.910. The molecule has 2 N–H and O–H groups in total. The van der Waals surface area contributed by atoms with E-state index in [2.05, 4.69) is 5.32 Å². The van der Waals surface area contributed by atoms with Crippen molar-refractivity contribution in [3.63, 3.8) is 0 Å². The van der Waals surface area contributed by atoms with Crippen LogP contribution in [0.25, 0.3) is 0 Å². The lowest BCUT2D eigenvalue weighted by molar-refractivity contribution is 0.0701. The minimum atomic E-state index is -1.05. The van der Waals surface area contributed by atoms with Crippen molar-refractivity contribution in [3.8, 4) is 0 Å². The second-order valence-electron chi connectivity index (χ2n) is 4.37. The maximum atomic E-state index is 13.7. The Morgan fingerprint density at radius 3 is 2.50 bits per heavy atom. The molecule has 4 nitrogen and oxygen atoms in total. The van der Waals surface area contributed by atoms with Gasteiger partial charge in [0.05, 0.1) is 10.6 Å².